The van der Waals surface area contributed by atoms with Crippen molar-refractivity contribution in [1.82, 2.24) is 10.2 Å². The summed E-state index contributed by atoms with van der Waals surface area (Å²) in [5.74, 6) is -0.354. The van der Waals surface area contributed by atoms with Gasteiger partial charge < -0.3 is 15.0 Å². The highest BCUT2D eigenvalue weighted by atomic mass is 16.5. The smallest absolute Gasteiger partial charge is 0.337 e. The van der Waals surface area contributed by atoms with Crippen molar-refractivity contribution < 1.29 is 14.3 Å². The van der Waals surface area contributed by atoms with E-state index in [9.17, 15) is 9.59 Å². The number of urea groups is 1. The van der Waals surface area contributed by atoms with E-state index in [0.29, 0.717) is 12.1 Å². The number of ether oxygens (including phenoxy) is 1. The quantitative estimate of drug-likeness (QED) is 0.845. The third-order valence-corrected chi connectivity index (χ3v) is 3.21. The second-order valence-electron chi connectivity index (χ2n) is 4.54. The molecule has 5 nitrogen and oxygen atoms in total. The molecule has 1 saturated heterocycles. The van der Waals surface area contributed by atoms with E-state index in [1.54, 1.807) is 12.1 Å². The summed E-state index contributed by atoms with van der Waals surface area (Å²) in [5.41, 5.74) is 1.47. The molecule has 1 N–H and O–H groups in total. The molecule has 5 heteroatoms. The summed E-state index contributed by atoms with van der Waals surface area (Å²) < 4.78 is 4.63. The van der Waals surface area contributed by atoms with Gasteiger partial charge >= 0.3 is 12.0 Å². The van der Waals surface area contributed by atoms with Crippen LogP contribution in [0.5, 0.6) is 0 Å². The van der Waals surface area contributed by atoms with Crippen LogP contribution in [0.3, 0.4) is 0 Å². The Morgan fingerprint density at radius 3 is 2.42 bits per heavy atom. The molecular formula is C14H18N2O3. The molecule has 0 saturated carbocycles. The highest BCUT2D eigenvalue weighted by Gasteiger charge is 2.17. The van der Waals surface area contributed by atoms with Crippen molar-refractivity contribution in [3.8, 4) is 0 Å². The Labute approximate surface area is 112 Å². The number of nitrogens with one attached hydrogen (secondary N) is 1. The minimum absolute atomic E-state index is 0.0189. The average molecular weight is 262 g/mol. The number of nitrogens with zero attached hydrogens (tertiary/aromatic N) is 1. The van der Waals surface area contributed by atoms with Gasteiger partial charge in [-0.2, -0.15) is 0 Å². The molecule has 0 spiro atoms. The van der Waals surface area contributed by atoms with Crippen LogP contribution in [0.4, 0.5) is 4.79 Å². The van der Waals surface area contributed by atoms with Crippen molar-refractivity contribution >= 4 is 12.0 Å². The second kappa shape index (κ2) is 6.22. The number of benzene rings is 1. The van der Waals surface area contributed by atoms with Crippen molar-refractivity contribution in [2.45, 2.75) is 19.4 Å². The van der Waals surface area contributed by atoms with Crippen LogP contribution in [0.15, 0.2) is 24.3 Å². The van der Waals surface area contributed by atoms with Gasteiger partial charge in [-0.05, 0) is 30.5 Å². The SMILES string of the molecule is COC(=O)c1ccc(CNC(=O)N2CCCC2)cc1. The first-order valence-corrected chi connectivity index (χ1v) is 6.41. The summed E-state index contributed by atoms with van der Waals surface area (Å²) >= 11 is 0. The predicted molar refractivity (Wildman–Crippen MR) is 70.8 cm³/mol. The maximum absolute atomic E-state index is 11.8. The van der Waals surface area contributed by atoms with Crippen LogP contribution in [0.2, 0.25) is 0 Å². The fourth-order valence-electron chi connectivity index (χ4n) is 2.09. The summed E-state index contributed by atoms with van der Waals surface area (Å²) in [5, 5.41) is 2.87. The van der Waals surface area contributed by atoms with Crippen LogP contribution in [0.1, 0.15) is 28.8 Å². The standard InChI is InChI=1S/C14H18N2O3/c1-19-13(17)12-6-4-11(5-7-12)10-15-14(18)16-8-2-3-9-16/h4-7H,2-3,8-10H2,1H3,(H,15,18). The maximum atomic E-state index is 11.8. The van der Waals surface area contributed by atoms with Gasteiger partial charge in [0.05, 0.1) is 12.7 Å². The largest absolute Gasteiger partial charge is 0.465 e. The van der Waals surface area contributed by atoms with Gasteiger partial charge in [-0.15, -0.1) is 0 Å². The topological polar surface area (TPSA) is 58.6 Å². The molecule has 2 rings (SSSR count). The molecule has 0 radical (unpaired) electrons. The summed E-state index contributed by atoms with van der Waals surface area (Å²) in [7, 11) is 1.35. The molecule has 0 bridgehead atoms. The summed E-state index contributed by atoms with van der Waals surface area (Å²) in [4.78, 5) is 24.9. The van der Waals surface area contributed by atoms with E-state index in [1.807, 2.05) is 17.0 Å². The molecule has 1 fully saturated rings. The summed E-state index contributed by atoms with van der Waals surface area (Å²) in [6.45, 7) is 2.15. The molecule has 1 aliphatic heterocycles. The zero-order valence-corrected chi connectivity index (χ0v) is 11.0. The predicted octanol–water partition coefficient (Wildman–Crippen LogP) is 1.78. The van der Waals surface area contributed by atoms with Gasteiger partial charge in [0.1, 0.15) is 0 Å². The van der Waals surface area contributed by atoms with Crippen LogP contribution in [-0.2, 0) is 11.3 Å². The molecular weight excluding hydrogens is 244 g/mol. The fraction of sp³-hybridized carbons (Fsp3) is 0.429. The van der Waals surface area contributed by atoms with Gasteiger partial charge in [0.25, 0.3) is 0 Å². The van der Waals surface area contributed by atoms with Gasteiger partial charge in [0.15, 0.2) is 0 Å². The first-order chi connectivity index (χ1) is 9.20. The van der Waals surface area contributed by atoms with Gasteiger partial charge in [-0.1, -0.05) is 12.1 Å². The van der Waals surface area contributed by atoms with Gasteiger partial charge in [0, 0.05) is 19.6 Å². The molecule has 1 aromatic rings. The third kappa shape index (κ3) is 3.47. The van der Waals surface area contributed by atoms with E-state index in [-0.39, 0.29) is 12.0 Å². The van der Waals surface area contributed by atoms with E-state index in [1.165, 1.54) is 7.11 Å². The number of hydrogen-bond donors (Lipinski definition) is 1. The minimum atomic E-state index is -0.354. The first-order valence-electron chi connectivity index (χ1n) is 6.41. The van der Waals surface area contributed by atoms with E-state index < -0.39 is 0 Å². The Morgan fingerprint density at radius 2 is 1.84 bits per heavy atom. The maximum Gasteiger partial charge on any atom is 0.337 e. The highest BCUT2D eigenvalue weighted by molar-refractivity contribution is 5.89. The molecule has 1 aliphatic rings. The van der Waals surface area contributed by atoms with Gasteiger partial charge in [-0.3, -0.25) is 0 Å². The Morgan fingerprint density at radius 1 is 1.21 bits per heavy atom. The Hall–Kier alpha value is -2.04. The molecule has 0 atom stereocenters. The lowest BCUT2D eigenvalue weighted by Crippen LogP contribution is -2.37. The molecule has 2 amide bonds. The molecule has 0 unspecified atom stereocenters. The molecule has 1 aromatic carbocycles. The van der Waals surface area contributed by atoms with Crippen LogP contribution < -0.4 is 5.32 Å². The number of carbonyl (C=O) groups is 2. The lowest BCUT2D eigenvalue weighted by Gasteiger charge is -2.16. The number of amides is 2. The van der Waals surface area contributed by atoms with Gasteiger partial charge in [0.2, 0.25) is 0 Å². The Balaban J connectivity index is 1.85. The van der Waals surface area contributed by atoms with Crippen LogP contribution in [-0.4, -0.2) is 37.1 Å². The van der Waals surface area contributed by atoms with Crippen LogP contribution >= 0.6 is 0 Å². The Bertz CT molecular complexity index is 450. The number of hydrogen-bond acceptors (Lipinski definition) is 3. The monoisotopic (exact) mass is 262 g/mol. The first kappa shape index (κ1) is 13.4. The molecule has 0 aliphatic carbocycles. The van der Waals surface area contributed by atoms with Crippen molar-refractivity contribution in [3.05, 3.63) is 35.4 Å². The van der Waals surface area contributed by atoms with Crippen molar-refractivity contribution in [2.75, 3.05) is 20.2 Å². The van der Waals surface area contributed by atoms with E-state index in [2.05, 4.69) is 10.1 Å². The normalized spacial score (nSPS) is 14.3. The zero-order valence-electron chi connectivity index (χ0n) is 11.0. The summed E-state index contributed by atoms with van der Waals surface area (Å²) in [6, 6.07) is 7.01. The van der Waals surface area contributed by atoms with Crippen molar-refractivity contribution in [2.24, 2.45) is 0 Å². The molecule has 102 valence electrons. The molecule has 19 heavy (non-hydrogen) atoms. The number of likely N-dealkylation sites (tertiary alicyclic amines) is 1. The number of rotatable bonds is 3. The number of esters is 1. The Kier molecular flexibility index (Phi) is 4.39. The van der Waals surface area contributed by atoms with Crippen molar-refractivity contribution in [3.63, 3.8) is 0 Å². The second-order valence-corrected chi connectivity index (χ2v) is 4.54. The lowest BCUT2D eigenvalue weighted by molar-refractivity contribution is 0.0600. The highest BCUT2D eigenvalue weighted by Crippen LogP contribution is 2.08. The van der Waals surface area contributed by atoms with Crippen LogP contribution in [0, 0.1) is 0 Å². The summed E-state index contributed by atoms with van der Waals surface area (Å²) in [6.07, 6.45) is 2.17. The molecule has 1 heterocycles. The van der Waals surface area contributed by atoms with Crippen molar-refractivity contribution in [1.29, 1.82) is 0 Å². The third-order valence-electron chi connectivity index (χ3n) is 3.21. The minimum Gasteiger partial charge on any atom is -0.465 e. The number of carbonyl (C=O) groups excluding carboxylic acids is 2. The lowest BCUT2D eigenvalue weighted by atomic mass is 10.1. The van der Waals surface area contributed by atoms with Crippen LogP contribution in [0.25, 0.3) is 0 Å². The van der Waals surface area contributed by atoms with E-state index in [4.69, 9.17) is 0 Å². The average Bonchev–Trinajstić information content (AvgIpc) is 2.98. The van der Waals surface area contributed by atoms with E-state index in [0.717, 1.165) is 31.5 Å². The fourth-order valence-corrected chi connectivity index (χ4v) is 2.09. The zero-order chi connectivity index (χ0) is 13.7. The van der Waals surface area contributed by atoms with Gasteiger partial charge in [-0.25, -0.2) is 9.59 Å². The van der Waals surface area contributed by atoms with E-state index >= 15 is 0 Å². The number of methoxy groups -OCH3 is 1. The molecule has 0 aromatic heterocycles.